The lowest BCUT2D eigenvalue weighted by Gasteiger charge is -2.34. The van der Waals surface area contributed by atoms with Crippen molar-refractivity contribution >= 4 is 11.6 Å². The van der Waals surface area contributed by atoms with Crippen LogP contribution in [0.2, 0.25) is 5.02 Å². The molecule has 4 heteroatoms. The van der Waals surface area contributed by atoms with E-state index in [-0.39, 0.29) is 0 Å². The van der Waals surface area contributed by atoms with Crippen molar-refractivity contribution in [2.75, 3.05) is 21.3 Å². The minimum Gasteiger partial charge on any atom is -0.495 e. The van der Waals surface area contributed by atoms with E-state index in [4.69, 9.17) is 21.1 Å². The van der Waals surface area contributed by atoms with Gasteiger partial charge in [-0.2, -0.15) is 0 Å². The fourth-order valence-corrected chi connectivity index (χ4v) is 2.91. The van der Waals surface area contributed by atoms with E-state index in [1.807, 2.05) is 19.2 Å². The summed E-state index contributed by atoms with van der Waals surface area (Å²) in [6, 6.07) is 4.25. The molecule has 0 aromatic heterocycles. The van der Waals surface area contributed by atoms with Crippen molar-refractivity contribution in [3.63, 3.8) is 0 Å². The zero-order chi connectivity index (χ0) is 13.1. The Kier molecular flexibility index (Phi) is 4.36. The number of methoxy groups -OCH3 is 2. The molecule has 0 saturated heterocycles. The van der Waals surface area contributed by atoms with Crippen molar-refractivity contribution in [3.8, 4) is 11.5 Å². The van der Waals surface area contributed by atoms with Gasteiger partial charge < -0.3 is 14.8 Å². The van der Waals surface area contributed by atoms with E-state index in [0.29, 0.717) is 22.7 Å². The normalized spacial score (nSPS) is 17.1. The van der Waals surface area contributed by atoms with E-state index in [9.17, 15) is 0 Å². The quantitative estimate of drug-likeness (QED) is 0.889. The zero-order valence-corrected chi connectivity index (χ0v) is 11.9. The number of ether oxygens (including phenoxy) is 2. The van der Waals surface area contributed by atoms with Gasteiger partial charge in [0.1, 0.15) is 16.5 Å². The molecule has 3 nitrogen and oxygen atoms in total. The molecule has 0 bridgehead atoms. The van der Waals surface area contributed by atoms with Crippen LogP contribution in [0.25, 0.3) is 0 Å². The van der Waals surface area contributed by atoms with Crippen LogP contribution in [0, 0.1) is 5.92 Å². The Morgan fingerprint density at radius 3 is 2.44 bits per heavy atom. The molecule has 1 aliphatic carbocycles. The average molecular weight is 270 g/mol. The Hall–Kier alpha value is -0.930. The Morgan fingerprint density at radius 1 is 1.28 bits per heavy atom. The zero-order valence-electron chi connectivity index (χ0n) is 11.1. The molecule has 0 heterocycles. The van der Waals surface area contributed by atoms with Crippen LogP contribution in [0.15, 0.2) is 12.1 Å². The monoisotopic (exact) mass is 269 g/mol. The number of nitrogens with one attached hydrogen (secondary N) is 1. The first-order valence-electron chi connectivity index (χ1n) is 6.30. The summed E-state index contributed by atoms with van der Waals surface area (Å²) in [4.78, 5) is 0. The molecular weight excluding hydrogens is 250 g/mol. The minimum atomic E-state index is 0.303. The van der Waals surface area contributed by atoms with E-state index < -0.39 is 0 Å². The molecular formula is C14H20ClNO2. The number of halogens is 1. The molecule has 18 heavy (non-hydrogen) atoms. The largest absolute Gasteiger partial charge is 0.495 e. The lowest BCUT2D eigenvalue weighted by Crippen LogP contribution is -2.30. The van der Waals surface area contributed by atoms with Crippen LogP contribution >= 0.6 is 11.6 Å². The summed E-state index contributed by atoms with van der Waals surface area (Å²) in [6.45, 7) is 0. The topological polar surface area (TPSA) is 30.5 Å². The van der Waals surface area contributed by atoms with Gasteiger partial charge in [0.25, 0.3) is 0 Å². The standard InChI is InChI=1S/C14H20ClNO2/c1-16-13(9-5-4-6-9)10-7-8-11(17-2)12(15)14(10)18-3/h7-9,13,16H,4-6H2,1-3H3. The van der Waals surface area contributed by atoms with Crippen molar-refractivity contribution in [2.24, 2.45) is 5.92 Å². The van der Waals surface area contributed by atoms with Gasteiger partial charge in [-0.05, 0) is 37.9 Å². The lowest BCUT2D eigenvalue weighted by atomic mass is 9.77. The third-order valence-corrected chi connectivity index (χ3v) is 4.14. The molecule has 1 unspecified atom stereocenters. The average Bonchev–Trinajstić information content (AvgIpc) is 2.33. The smallest absolute Gasteiger partial charge is 0.146 e. The van der Waals surface area contributed by atoms with Gasteiger partial charge in [-0.3, -0.25) is 0 Å². The first-order valence-corrected chi connectivity index (χ1v) is 6.68. The summed E-state index contributed by atoms with van der Waals surface area (Å²) < 4.78 is 10.7. The van der Waals surface area contributed by atoms with Gasteiger partial charge in [-0.25, -0.2) is 0 Å². The van der Waals surface area contributed by atoms with Gasteiger partial charge >= 0.3 is 0 Å². The summed E-state index contributed by atoms with van der Waals surface area (Å²) in [6.07, 6.45) is 3.84. The molecule has 0 amide bonds. The van der Waals surface area contributed by atoms with Crippen LogP contribution in [0.4, 0.5) is 0 Å². The predicted molar refractivity (Wildman–Crippen MR) is 73.7 cm³/mol. The van der Waals surface area contributed by atoms with Crippen molar-refractivity contribution in [1.29, 1.82) is 0 Å². The molecule has 1 saturated carbocycles. The highest BCUT2D eigenvalue weighted by molar-refractivity contribution is 6.33. The second kappa shape index (κ2) is 5.81. The molecule has 1 aliphatic rings. The molecule has 100 valence electrons. The maximum Gasteiger partial charge on any atom is 0.146 e. The van der Waals surface area contributed by atoms with Crippen molar-refractivity contribution in [2.45, 2.75) is 25.3 Å². The van der Waals surface area contributed by atoms with Gasteiger partial charge in [0.05, 0.1) is 14.2 Å². The van der Waals surface area contributed by atoms with Crippen LogP contribution in [-0.4, -0.2) is 21.3 Å². The highest BCUT2D eigenvalue weighted by Gasteiger charge is 2.30. The van der Waals surface area contributed by atoms with E-state index in [2.05, 4.69) is 5.32 Å². The highest BCUT2D eigenvalue weighted by Crippen LogP contribution is 2.45. The number of benzene rings is 1. The SMILES string of the molecule is CNC(c1ccc(OC)c(Cl)c1OC)C1CCC1. The first kappa shape index (κ1) is 13.5. The molecule has 1 fully saturated rings. The minimum absolute atomic E-state index is 0.303. The first-order chi connectivity index (χ1) is 8.72. The number of hydrogen-bond donors (Lipinski definition) is 1. The number of rotatable bonds is 5. The summed E-state index contributed by atoms with van der Waals surface area (Å²) >= 11 is 6.30. The molecule has 2 rings (SSSR count). The Bertz CT molecular complexity index is 419. The lowest BCUT2D eigenvalue weighted by molar-refractivity contribution is 0.235. The predicted octanol–water partition coefficient (Wildman–Crippen LogP) is 3.42. The van der Waals surface area contributed by atoms with E-state index in [0.717, 1.165) is 11.3 Å². The molecule has 1 aromatic rings. The van der Waals surface area contributed by atoms with Crippen molar-refractivity contribution in [3.05, 3.63) is 22.7 Å². The molecule has 0 aliphatic heterocycles. The van der Waals surface area contributed by atoms with Crippen LogP contribution in [-0.2, 0) is 0 Å². The fourth-order valence-electron chi connectivity index (χ4n) is 2.58. The van der Waals surface area contributed by atoms with Gasteiger partial charge in [-0.1, -0.05) is 18.0 Å². The molecule has 1 aromatic carbocycles. The summed E-state index contributed by atoms with van der Waals surface area (Å²) in [5.41, 5.74) is 1.12. The van der Waals surface area contributed by atoms with E-state index >= 15 is 0 Å². The molecule has 1 atom stereocenters. The molecule has 0 spiro atoms. The summed E-state index contributed by atoms with van der Waals surface area (Å²) in [5, 5.41) is 3.93. The summed E-state index contributed by atoms with van der Waals surface area (Å²) in [5.74, 6) is 2.05. The summed E-state index contributed by atoms with van der Waals surface area (Å²) in [7, 11) is 5.25. The Balaban J connectivity index is 2.39. The number of hydrogen-bond acceptors (Lipinski definition) is 3. The third kappa shape index (κ3) is 2.29. The van der Waals surface area contributed by atoms with Gasteiger partial charge in [0.15, 0.2) is 0 Å². The third-order valence-electron chi connectivity index (χ3n) is 3.78. The van der Waals surface area contributed by atoms with E-state index in [1.54, 1.807) is 14.2 Å². The maximum absolute atomic E-state index is 6.30. The van der Waals surface area contributed by atoms with Crippen molar-refractivity contribution in [1.82, 2.24) is 5.32 Å². The van der Waals surface area contributed by atoms with Crippen LogP contribution < -0.4 is 14.8 Å². The molecule has 0 radical (unpaired) electrons. The van der Waals surface area contributed by atoms with Gasteiger partial charge in [-0.15, -0.1) is 0 Å². The van der Waals surface area contributed by atoms with Crippen LogP contribution in [0.1, 0.15) is 30.9 Å². The Labute approximate surface area is 113 Å². The van der Waals surface area contributed by atoms with Gasteiger partial charge in [0.2, 0.25) is 0 Å². The van der Waals surface area contributed by atoms with Crippen LogP contribution in [0.3, 0.4) is 0 Å². The van der Waals surface area contributed by atoms with Gasteiger partial charge in [0, 0.05) is 11.6 Å². The maximum atomic E-state index is 6.30. The van der Waals surface area contributed by atoms with E-state index in [1.165, 1.54) is 19.3 Å². The fraction of sp³-hybridized carbons (Fsp3) is 0.571. The van der Waals surface area contributed by atoms with Crippen LogP contribution in [0.5, 0.6) is 11.5 Å². The Morgan fingerprint density at radius 2 is 2.00 bits per heavy atom. The molecule has 1 N–H and O–H groups in total. The van der Waals surface area contributed by atoms with Crippen molar-refractivity contribution < 1.29 is 9.47 Å². The second-order valence-electron chi connectivity index (χ2n) is 4.66. The highest BCUT2D eigenvalue weighted by atomic mass is 35.5. The second-order valence-corrected chi connectivity index (χ2v) is 5.04.